The molecule has 2 N–H and O–H groups in total. The van der Waals surface area contributed by atoms with Crippen molar-refractivity contribution in [2.75, 3.05) is 7.11 Å². The van der Waals surface area contributed by atoms with Gasteiger partial charge in [0.25, 0.3) is 5.91 Å². The molecule has 0 atom stereocenters. The molecular weight excluding hydrogens is 429 g/mol. The molecule has 0 fully saturated rings. The van der Waals surface area contributed by atoms with Crippen molar-refractivity contribution in [3.05, 3.63) is 76.1 Å². The number of nitrogens with two attached hydrogens (primary N) is 1. The molecule has 0 saturated carbocycles. The van der Waals surface area contributed by atoms with Crippen molar-refractivity contribution in [2.45, 2.75) is 20.0 Å². The summed E-state index contributed by atoms with van der Waals surface area (Å²) in [6.45, 7) is 1.63. The lowest BCUT2D eigenvalue weighted by Gasteiger charge is -2.08. The molecule has 0 spiro atoms. The van der Waals surface area contributed by atoms with E-state index in [-0.39, 0.29) is 41.6 Å². The molecule has 2 aromatic heterocycles. The fourth-order valence-electron chi connectivity index (χ4n) is 3.56. The van der Waals surface area contributed by atoms with E-state index in [0.29, 0.717) is 16.9 Å². The van der Waals surface area contributed by atoms with E-state index in [1.807, 2.05) is 0 Å². The van der Waals surface area contributed by atoms with Crippen LogP contribution in [0.2, 0.25) is 0 Å². The van der Waals surface area contributed by atoms with Crippen LogP contribution in [0, 0.1) is 5.82 Å². The fourth-order valence-corrected chi connectivity index (χ4v) is 3.56. The van der Waals surface area contributed by atoms with Gasteiger partial charge in [-0.3, -0.25) is 18.7 Å². The summed E-state index contributed by atoms with van der Waals surface area (Å²) in [5.74, 6) is -0.984. The van der Waals surface area contributed by atoms with Crippen LogP contribution in [0.5, 0.6) is 5.75 Å². The van der Waals surface area contributed by atoms with Crippen LogP contribution in [-0.2, 0) is 13.1 Å². The molecule has 0 bridgehead atoms. The first-order valence-corrected chi connectivity index (χ1v) is 10.1. The Balaban J connectivity index is 1.88. The van der Waals surface area contributed by atoms with Crippen LogP contribution < -0.4 is 16.2 Å². The average Bonchev–Trinajstić information content (AvgIpc) is 3.09. The maximum atomic E-state index is 13.3. The number of amides is 1. The van der Waals surface area contributed by atoms with Crippen molar-refractivity contribution in [2.24, 2.45) is 5.73 Å². The van der Waals surface area contributed by atoms with E-state index in [9.17, 15) is 18.8 Å². The number of ketones is 1. The number of benzene rings is 2. The van der Waals surface area contributed by atoms with Crippen LogP contribution >= 0.6 is 0 Å². The van der Waals surface area contributed by atoms with Crippen molar-refractivity contribution < 1.29 is 18.7 Å². The molecule has 0 radical (unpaired) electrons. The highest BCUT2D eigenvalue weighted by Crippen LogP contribution is 2.22. The highest BCUT2D eigenvalue weighted by atomic mass is 19.1. The number of carbonyl (C=O) groups excluding carboxylic acids is 2. The van der Waals surface area contributed by atoms with Gasteiger partial charge in [0.05, 0.1) is 13.7 Å². The minimum absolute atomic E-state index is 0.0714. The number of Topliss-reactive ketones (excluding diaryl/α,β-unsaturated/α-hetero) is 1. The second-order valence-corrected chi connectivity index (χ2v) is 7.20. The predicted molar refractivity (Wildman–Crippen MR) is 119 cm³/mol. The topological polar surface area (TPSA) is 122 Å². The standard InChI is InChI=1S/C23H20FN5O4/c1-3-28-22-19(18(20(25)31)26-21(27-22)14-4-8-15(24)9-5-14)29(23(28)32)12-17(30)13-6-10-16(33-2)11-7-13/h4-11H,3,12H2,1-2H3,(H2,25,31). The maximum Gasteiger partial charge on any atom is 0.330 e. The number of hydrogen-bond donors (Lipinski definition) is 1. The predicted octanol–water partition coefficient (Wildman–Crippen LogP) is 2.41. The summed E-state index contributed by atoms with van der Waals surface area (Å²) in [5.41, 5.74) is 5.89. The Morgan fingerprint density at radius 3 is 2.27 bits per heavy atom. The SMILES string of the molecule is CCn1c(=O)n(CC(=O)c2ccc(OC)cc2)c2c(C(N)=O)nc(-c3ccc(F)cc3)nc21. The number of rotatable bonds is 7. The van der Waals surface area contributed by atoms with Gasteiger partial charge in [0, 0.05) is 17.7 Å². The molecule has 9 nitrogen and oxygen atoms in total. The molecule has 4 aromatic rings. The van der Waals surface area contributed by atoms with E-state index in [0.717, 1.165) is 4.57 Å². The van der Waals surface area contributed by atoms with Crippen molar-refractivity contribution in [1.29, 1.82) is 0 Å². The Labute approximate surface area is 187 Å². The van der Waals surface area contributed by atoms with Gasteiger partial charge in [0.15, 0.2) is 22.9 Å². The van der Waals surface area contributed by atoms with Gasteiger partial charge < -0.3 is 10.5 Å². The van der Waals surface area contributed by atoms with E-state index in [4.69, 9.17) is 10.5 Å². The third-order valence-corrected chi connectivity index (χ3v) is 5.22. The van der Waals surface area contributed by atoms with E-state index in [1.54, 1.807) is 31.2 Å². The minimum atomic E-state index is -0.885. The number of fused-ring (bicyclic) bond motifs is 1. The maximum absolute atomic E-state index is 13.3. The number of ether oxygens (including phenoxy) is 1. The molecule has 2 aromatic carbocycles. The normalized spacial score (nSPS) is 11.0. The van der Waals surface area contributed by atoms with Gasteiger partial charge in [-0.2, -0.15) is 0 Å². The van der Waals surface area contributed by atoms with Crippen LogP contribution in [0.3, 0.4) is 0 Å². The second kappa shape index (κ2) is 8.65. The van der Waals surface area contributed by atoms with Gasteiger partial charge in [-0.25, -0.2) is 19.2 Å². The van der Waals surface area contributed by atoms with E-state index in [2.05, 4.69) is 9.97 Å². The summed E-state index contributed by atoms with van der Waals surface area (Å²) in [4.78, 5) is 47.0. The molecule has 0 aliphatic rings. The zero-order valence-electron chi connectivity index (χ0n) is 17.9. The molecule has 0 saturated heterocycles. The Morgan fingerprint density at radius 1 is 1.03 bits per heavy atom. The van der Waals surface area contributed by atoms with E-state index < -0.39 is 17.4 Å². The summed E-state index contributed by atoms with van der Waals surface area (Å²) in [7, 11) is 1.52. The van der Waals surface area contributed by atoms with Crippen molar-refractivity contribution >= 4 is 22.9 Å². The van der Waals surface area contributed by atoms with Crippen molar-refractivity contribution in [3.8, 4) is 17.1 Å². The van der Waals surface area contributed by atoms with Crippen LogP contribution in [-0.4, -0.2) is 37.9 Å². The number of aryl methyl sites for hydroxylation is 1. The average molecular weight is 449 g/mol. The summed E-state index contributed by atoms with van der Waals surface area (Å²) in [6, 6.07) is 11.8. The lowest BCUT2D eigenvalue weighted by Crippen LogP contribution is -2.27. The molecule has 4 rings (SSSR count). The van der Waals surface area contributed by atoms with Gasteiger partial charge in [0.1, 0.15) is 17.1 Å². The molecule has 10 heteroatoms. The van der Waals surface area contributed by atoms with Crippen molar-refractivity contribution in [1.82, 2.24) is 19.1 Å². The quantitative estimate of drug-likeness (QED) is 0.433. The van der Waals surface area contributed by atoms with E-state index >= 15 is 0 Å². The van der Waals surface area contributed by atoms with Crippen LogP contribution in [0.25, 0.3) is 22.6 Å². The first-order valence-electron chi connectivity index (χ1n) is 10.1. The van der Waals surface area contributed by atoms with Gasteiger partial charge in [-0.05, 0) is 55.5 Å². The van der Waals surface area contributed by atoms with Crippen LogP contribution in [0.1, 0.15) is 27.8 Å². The van der Waals surface area contributed by atoms with E-state index in [1.165, 1.54) is 35.9 Å². The van der Waals surface area contributed by atoms with Crippen molar-refractivity contribution in [3.63, 3.8) is 0 Å². The van der Waals surface area contributed by atoms with Gasteiger partial charge in [-0.15, -0.1) is 0 Å². The molecule has 0 aliphatic heterocycles. The number of hydrogen-bond acceptors (Lipinski definition) is 6. The Bertz CT molecular complexity index is 1420. The second-order valence-electron chi connectivity index (χ2n) is 7.20. The third kappa shape index (κ3) is 3.98. The Hall–Kier alpha value is -4.34. The summed E-state index contributed by atoms with van der Waals surface area (Å²) in [6.07, 6.45) is 0. The lowest BCUT2D eigenvalue weighted by molar-refractivity contribution is 0.0966. The fraction of sp³-hybridized carbons (Fsp3) is 0.174. The largest absolute Gasteiger partial charge is 0.497 e. The number of primary amides is 1. The highest BCUT2D eigenvalue weighted by molar-refractivity contribution is 6.03. The first-order chi connectivity index (χ1) is 15.8. The number of methoxy groups -OCH3 is 1. The monoisotopic (exact) mass is 449 g/mol. The number of carbonyl (C=O) groups is 2. The molecule has 33 heavy (non-hydrogen) atoms. The summed E-state index contributed by atoms with van der Waals surface area (Å²) >= 11 is 0. The number of halogens is 1. The number of imidazole rings is 1. The van der Waals surface area contributed by atoms with Gasteiger partial charge in [-0.1, -0.05) is 0 Å². The highest BCUT2D eigenvalue weighted by Gasteiger charge is 2.24. The van der Waals surface area contributed by atoms with Gasteiger partial charge >= 0.3 is 5.69 Å². The Morgan fingerprint density at radius 2 is 1.70 bits per heavy atom. The smallest absolute Gasteiger partial charge is 0.330 e. The Kier molecular flexibility index (Phi) is 5.74. The molecular formula is C23H20FN5O4. The zero-order valence-corrected chi connectivity index (χ0v) is 17.9. The number of aromatic nitrogens is 4. The van der Waals surface area contributed by atoms with Crippen LogP contribution in [0.15, 0.2) is 53.3 Å². The molecule has 168 valence electrons. The van der Waals surface area contributed by atoms with Crippen LogP contribution in [0.4, 0.5) is 4.39 Å². The molecule has 2 heterocycles. The molecule has 0 aliphatic carbocycles. The van der Waals surface area contributed by atoms with Gasteiger partial charge in [0.2, 0.25) is 0 Å². The summed E-state index contributed by atoms with van der Waals surface area (Å²) in [5, 5.41) is 0. The first kappa shape index (κ1) is 21.9. The zero-order chi connectivity index (χ0) is 23.7. The minimum Gasteiger partial charge on any atom is -0.497 e. The third-order valence-electron chi connectivity index (χ3n) is 5.22. The molecule has 0 unspecified atom stereocenters. The number of nitrogens with zero attached hydrogens (tertiary/aromatic N) is 4. The molecule has 1 amide bonds. The lowest BCUT2D eigenvalue weighted by atomic mass is 10.1. The summed E-state index contributed by atoms with van der Waals surface area (Å²) < 4.78 is 20.9.